The number of pyridine rings is 1. The van der Waals surface area contributed by atoms with Gasteiger partial charge in [0.25, 0.3) is 5.56 Å². The van der Waals surface area contributed by atoms with Crippen LogP contribution in [-0.4, -0.2) is 29.0 Å². The van der Waals surface area contributed by atoms with E-state index >= 15 is 0 Å². The fraction of sp³-hybridized carbons (Fsp3) is 0.550. The first-order valence-corrected chi connectivity index (χ1v) is 9.80. The zero-order chi connectivity index (χ0) is 18.2. The van der Waals surface area contributed by atoms with Gasteiger partial charge in [-0.05, 0) is 49.4 Å². The van der Waals surface area contributed by atoms with E-state index in [0.29, 0.717) is 33.4 Å². The highest BCUT2D eigenvalue weighted by Gasteiger charge is 2.31. The molecule has 1 aromatic heterocycles. The summed E-state index contributed by atoms with van der Waals surface area (Å²) in [5, 5.41) is 0.476. The summed E-state index contributed by atoms with van der Waals surface area (Å²) < 4.78 is 14.8. The van der Waals surface area contributed by atoms with Crippen molar-refractivity contribution in [3.63, 3.8) is 0 Å². The molecule has 2 aromatic rings. The minimum Gasteiger partial charge on any atom is -0.322 e. The third-order valence-electron chi connectivity index (χ3n) is 5.23. The Morgan fingerprint density at radius 3 is 2.76 bits per heavy atom. The van der Waals surface area contributed by atoms with Crippen LogP contribution in [0.15, 0.2) is 27.5 Å². The number of fused-ring (bicyclic) bond motifs is 1. The summed E-state index contributed by atoms with van der Waals surface area (Å²) in [5.41, 5.74) is 1.31. The highest BCUT2D eigenvalue weighted by Crippen LogP contribution is 2.32. The van der Waals surface area contributed by atoms with Gasteiger partial charge in [0.15, 0.2) is 0 Å². The van der Waals surface area contributed by atoms with Gasteiger partial charge in [-0.3, -0.25) is 9.69 Å². The van der Waals surface area contributed by atoms with Crippen molar-refractivity contribution >= 4 is 26.8 Å². The second-order valence-electron chi connectivity index (χ2n) is 8.14. The first-order valence-electron chi connectivity index (χ1n) is 9.01. The van der Waals surface area contributed by atoms with Crippen LogP contribution in [-0.2, 0) is 6.42 Å². The Labute approximate surface area is 156 Å². The van der Waals surface area contributed by atoms with E-state index in [9.17, 15) is 9.18 Å². The molecule has 0 radical (unpaired) electrons. The number of rotatable bonds is 3. The highest BCUT2D eigenvalue weighted by atomic mass is 79.9. The minimum atomic E-state index is -0.313. The van der Waals surface area contributed by atoms with Crippen molar-refractivity contribution in [3.8, 4) is 0 Å². The van der Waals surface area contributed by atoms with E-state index in [-0.39, 0.29) is 16.8 Å². The van der Waals surface area contributed by atoms with Crippen molar-refractivity contribution in [3.05, 3.63) is 44.4 Å². The second-order valence-corrected chi connectivity index (χ2v) is 9.05. The molecule has 0 bridgehead atoms. The number of hydrogen-bond donors (Lipinski definition) is 1. The average Bonchev–Trinajstić information content (AvgIpc) is 2.52. The van der Waals surface area contributed by atoms with E-state index in [2.05, 4.69) is 46.6 Å². The van der Waals surface area contributed by atoms with Crippen LogP contribution >= 0.6 is 15.9 Å². The van der Waals surface area contributed by atoms with E-state index in [1.54, 1.807) is 12.1 Å². The molecule has 1 aliphatic rings. The number of aromatic nitrogens is 1. The van der Waals surface area contributed by atoms with E-state index in [4.69, 9.17) is 0 Å². The van der Waals surface area contributed by atoms with Gasteiger partial charge >= 0.3 is 0 Å². The largest absolute Gasteiger partial charge is 0.322 e. The fourth-order valence-corrected chi connectivity index (χ4v) is 4.40. The molecule has 1 aliphatic heterocycles. The Kier molecular flexibility index (Phi) is 5.35. The predicted octanol–water partition coefficient (Wildman–Crippen LogP) is 4.87. The van der Waals surface area contributed by atoms with Gasteiger partial charge in [-0.15, -0.1) is 0 Å². The quantitative estimate of drug-likeness (QED) is 0.785. The van der Waals surface area contributed by atoms with Crippen molar-refractivity contribution in [2.75, 3.05) is 13.1 Å². The number of aromatic amines is 1. The summed E-state index contributed by atoms with van der Waals surface area (Å²) in [6.45, 7) is 8.77. The Morgan fingerprint density at radius 1 is 1.28 bits per heavy atom. The van der Waals surface area contributed by atoms with Gasteiger partial charge < -0.3 is 4.98 Å². The Morgan fingerprint density at radius 2 is 2.04 bits per heavy atom. The number of hydrogen-bond acceptors (Lipinski definition) is 2. The standard InChI is InChI=1S/C20H26BrFN2O/c1-20(2,3)18-6-4-5-8-24(18)9-7-13-10-15-16(22)11-14(21)12-17(15)23-19(13)25/h10-12,18H,4-9H2,1-3H3,(H,23,25). The Hall–Kier alpha value is -1.20. The lowest BCUT2D eigenvalue weighted by molar-refractivity contribution is 0.0649. The van der Waals surface area contributed by atoms with Crippen molar-refractivity contribution in [2.45, 2.75) is 52.5 Å². The fourth-order valence-electron chi connectivity index (χ4n) is 3.97. The lowest BCUT2D eigenvalue weighted by Gasteiger charge is -2.43. The van der Waals surface area contributed by atoms with Crippen LogP contribution in [0.4, 0.5) is 4.39 Å². The monoisotopic (exact) mass is 408 g/mol. The van der Waals surface area contributed by atoms with Crippen molar-refractivity contribution < 1.29 is 4.39 Å². The van der Waals surface area contributed by atoms with Crippen molar-refractivity contribution in [1.82, 2.24) is 9.88 Å². The second kappa shape index (κ2) is 7.20. The number of halogens is 2. The average molecular weight is 409 g/mol. The van der Waals surface area contributed by atoms with Gasteiger partial charge in [0, 0.05) is 28.0 Å². The van der Waals surface area contributed by atoms with Gasteiger partial charge in [0.2, 0.25) is 0 Å². The summed E-state index contributed by atoms with van der Waals surface area (Å²) in [6, 6.07) is 5.43. The maximum absolute atomic E-state index is 14.2. The maximum atomic E-state index is 14.2. The van der Waals surface area contributed by atoms with E-state index < -0.39 is 0 Å². The SMILES string of the molecule is CC(C)(C)C1CCCCN1CCc1cc2c(F)cc(Br)cc2[nH]c1=O. The van der Waals surface area contributed by atoms with Crippen molar-refractivity contribution in [2.24, 2.45) is 5.41 Å². The molecule has 25 heavy (non-hydrogen) atoms. The molecule has 1 aromatic carbocycles. The third-order valence-corrected chi connectivity index (χ3v) is 5.69. The Balaban J connectivity index is 1.83. The zero-order valence-corrected chi connectivity index (χ0v) is 16.7. The molecule has 1 unspecified atom stereocenters. The molecule has 0 aliphatic carbocycles. The summed E-state index contributed by atoms with van der Waals surface area (Å²) in [7, 11) is 0. The smallest absolute Gasteiger partial charge is 0.251 e. The molecule has 0 amide bonds. The molecule has 5 heteroatoms. The molecule has 0 saturated carbocycles. The zero-order valence-electron chi connectivity index (χ0n) is 15.2. The summed E-state index contributed by atoms with van der Waals surface area (Å²) in [4.78, 5) is 17.7. The predicted molar refractivity (Wildman–Crippen MR) is 105 cm³/mol. The number of nitrogens with one attached hydrogen (secondary N) is 1. The van der Waals surface area contributed by atoms with Gasteiger partial charge in [0.05, 0.1) is 5.52 Å². The van der Waals surface area contributed by atoms with Gasteiger partial charge in [-0.2, -0.15) is 0 Å². The van der Waals surface area contributed by atoms with E-state index in [1.165, 1.54) is 25.3 Å². The molecule has 1 N–H and O–H groups in total. The Bertz CT molecular complexity index is 825. The van der Waals surface area contributed by atoms with Crippen molar-refractivity contribution in [1.29, 1.82) is 0 Å². The number of H-pyrrole nitrogens is 1. The summed E-state index contributed by atoms with van der Waals surface area (Å²) in [5.74, 6) is -0.313. The molecule has 0 spiro atoms. The molecule has 1 saturated heterocycles. The molecule has 1 atom stereocenters. The minimum absolute atomic E-state index is 0.116. The van der Waals surface area contributed by atoms with Crippen LogP contribution in [0.3, 0.4) is 0 Å². The number of likely N-dealkylation sites (tertiary alicyclic amines) is 1. The lowest BCUT2D eigenvalue weighted by atomic mass is 9.80. The molecule has 136 valence electrons. The number of nitrogens with zero attached hydrogens (tertiary/aromatic N) is 1. The molecule has 3 nitrogen and oxygen atoms in total. The van der Waals surface area contributed by atoms with Gasteiger partial charge in [0.1, 0.15) is 5.82 Å². The first kappa shape index (κ1) is 18.6. The topological polar surface area (TPSA) is 36.1 Å². The first-order chi connectivity index (χ1) is 11.8. The van der Waals surface area contributed by atoms with Gasteiger partial charge in [-0.1, -0.05) is 43.1 Å². The van der Waals surface area contributed by atoms with E-state index in [1.807, 2.05) is 0 Å². The number of benzene rings is 1. The van der Waals surface area contributed by atoms with Crippen LogP contribution < -0.4 is 5.56 Å². The molecule has 1 fully saturated rings. The lowest BCUT2D eigenvalue weighted by Crippen LogP contribution is -2.48. The molecular formula is C20H26BrFN2O. The van der Waals surface area contributed by atoms with Crippen LogP contribution in [0.2, 0.25) is 0 Å². The van der Waals surface area contributed by atoms with Crippen LogP contribution in [0.25, 0.3) is 10.9 Å². The maximum Gasteiger partial charge on any atom is 0.251 e. The van der Waals surface area contributed by atoms with Crippen LogP contribution in [0, 0.1) is 11.2 Å². The van der Waals surface area contributed by atoms with Crippen LogP contribution in [0.1, 0.15) is 45.6 Å². The highest BCUT2D eigenvalue weighted by molar-refractivity contribution is 9.10. The summed E-state index contributed by atoms with van der Waals surface area (Å²) >= 11 is 3.27. The molecule has 3 rings (SSSR count). The summed E-state index contributed by atoms with van der Waals surface area (Å²) in [6.07, 6.45) is 4.34. The third kappa shape index (κ3) is 4.14. The van der Waals surface area contributed by atoms with E-state index in [0.717, 1.165) is 13.1 Å². The van der Waals surface area contributed by atoms with Crippen LogP contribution in [0.5, 0.6) is 0 Å². The molecule has 2 heterocycles. The van der Waals surface area contributed by atoms with Gasteiger partial charge in [-0.25, -0.2) is 4.39 Å². The molecular weight excluding hydrogens is 383 g/mol. The normalized spacial score (nSPS) is 19.5. The number of piperidine rings is 1.